The van der Waals surface area contributed by atoms with Crippen molar-refractivity contribution in [3.63, 3.8) is 0 Å². The van der Waals surface area contributed by atoms with Gasteiger partial charge in [-0.2, -0.15) is 5.26 Å². The Hall–Kier alpha value is -3.00. The summed E-state index contributed by atoms with van der Waals surface area (Å²) in [6.07, 6.45) is 0. The summed E-state index contributed by atoms with van der Waals surface area (Å²) in [5.41, 5.74) is 8.85. The molecule has 0 fully saturated rings. The van der Waals surface area contributed by atoms with Crippen LogP contribution in [0.2, 0.25) is 0 Å². The van der Waals surface area contributed by atoms with E-state index in [1.807, 2.05) is 24.1 Å². The Balaban J connectivity index is 2.43. The molecule has 0 amide bonds. The minimum atomic E-state index is -0.437. The Kier molecular flexibility index (Phi) is 4.10. The van der Waals surface area contributed by atoms with Crippen LogP contribution in [0.15, 0.2) is 42.5 Å². The lowest BCUT2D eigenvalue weighted by atomic mass is 10.1. The number of esters is 1. The number of carbonyl (C=O) groups excluding carboxylic acids is 1. The third-order valence-electron chi connectivity index (χ3n) is 3.20. The van der Waals surface area contributed by atoms with Crippen LogP contribution >= 0.6 is 0 Å². The van der Waals surface area contributed by atoms with Crippen molar-refractivity contribution in [2.24, 2.45) is 0 Å². The van der Waals surface area contributed by atoms with Crippen LogP contribution in [-0.2, 0) is 4.74 Å². The number of nitrogen functional groups attached to an aromatic ring is 1. The van der Waals surface area contributed by atoms with Gasteiger partial charge in [-0.3, -0.25) is 0 Å². The standard InChI is InChI=1S/C16H15N3O2/c1-19(14-6-4-3-5-12(14)10-17)15-8-7-11(9-13(15)18)16(20)21-2/h3-9H,18H2,1-2H3. The molecule has 2 aromatic carbocycles. The molecule has 0 unspecified atom stereocenters. The van der Waals surface area contributed by atoms with Gasteiger partial charge < -0.3 is 15.4 Å². The summed E-state index contributed by atoms with van der Waals surface area (Å²) in [5, 5.41) is 9.16. The number of benzene rings is 2. The molecule has 2 rings (SSSR count). The second-order valence-electron chi connectivity index (χ2n) is 4.45. The van der Waals surface area contributed by atoms with Gasteiger partial charge in [0.05, 0.1) is 35.3 Å². The van der Waals surface area contributed by atoms with E-state index >= 15 is 0 Å². The number of nitrogens with zero attached hydrogens (tertiary/aromatic N) is 2. The molecule has 0 aliphatic carbocycles. The summed E-state index contributed by atoms with van der Waals surface area (Å²) < 4.78 is 4.66. The summed E-state index contributed by atoms with van der Waals surface area (Å²) >= 11 is 0. The lowest BCUT2D eigenvalue weighted by Crippen LogP contribution is -2.13. The van der Waals surface area contributed by atoms with Gasteiger partial charge in [-0.1, -0.05) is 12.1 Å². The molecule has 0 heterocycles. The van der Waals surface area contributed by atoms with Crippen molar-refractivity contribution in [3.8, 4) is 6.07 Å². The zero-order valence-corrected chi connectivity index (χ0v) is 11.8. The zero-order chi connectivity index (χ0) is 15.4. The molecule has 0 atom stereocenters. The Morgan fingerprint density at radius 2 is 1.95 bits per heavy atom. The van der Waals surface area contributed by atoms with Crippen molar-refractivity contribution in [1.82, 2.24) is 0 Å². The van der Waals surface area contributed by atoms with E-state index < -0.39 is 5.97 Å². The Morgan fingerprint density at radius 3 is 2.57 bits per heavy atom. The van der Waals surface area contributed by atoms with Crippen molar-refractivity contribution in [2.75, 3.05) is 24.8 Å². The van der Waals surface area contributed by atoms with Crippen molar-refractivity contribution in [3.05, 3.63) is 53.6 Å². The second-order valence-corrected chi connectivity index (χ2v) is 4.45. The molecular formula is C16H15N3O2. The summed E-state index contributed by atoms with van der Waals surface area (Å²) in [4.78, 5) is 13.3. The maximum atomic E-state index is 11.5. The molecule has 0 saturated heterocycles. The predicted octanol–water partition coefficient (Wildman–Crippen LogP) is 2.69. The SMILES string of the molecule is COC(=O)c1ccc(N(C)c2ccccc2C#N)c(N)c1. The summed E-state index contributed by atoms with van der Waals surface area (Å²) in [6, 6.07) is 14.3. The average Bonchev–Trinajstić information content (AvgIpc) is 2.53. The van der Waals surface area contributed by atoms with Gasteiger partial charge in [-0.25, -0.2) is 4.79 Å². The molecule has 0 aliphatic rings. The highest BCUT2D eigenvalue weighted by molar-refractivity contribution is 5.92. The molecule has 106 valence electrons. The van der Waals surface area contributed by atoms with E-state index in [0.29, 0.717) is 22.5 Å². The third-order valence-corrected chi connectivity index (χ3v) is 3.20. The topological polar surface area (TPSA) is 79.3 Å². The van der Waals surface area contributed by atoms with Crippen molar-refractivity contribution in [1.29, 1.82) is 5.26 Å². The highest BCUT2D eigenvalue weighted by atomic mass is 16.5. The third kappa shape index (κ3) is 2.79. The maximum absolute atomic E-state index is 11.5. The van der Waals surface area contributed by atoms with Crippen LogP contribution in [0.3, 0.4) is 0 Å². The number of nitriles is 1. The Labute approximate surface area is 123 Å². The van der Waals surface area contributed by atoms with E-state index in [9.17, 15) is 4.79 Å². The number of para-hydroxylation sites is 1. The van der Waals surface area contributed by atoms with Crippen LogP contribution in [0.1, 0.15) is 15.9 Å². The predicted molar refractivity (Wildman–Crippen MR) is 81.4 cm³/mol. The summed E-state index contributed by atoms with van der Waals surface area (Å²) in [6.45, 7) is 0. The lowest BCUT2D eigenvalue weighted by molar-refractivity contribution is 0.0601. The van der Waals surface area contributed by atoms with E-state index in [-0.39, 0.29) is 0 Å². The van der Waals surface area contributed by atoms with Gasteiger partial charge in [0.25, 0.3) is 0 Å². The number of rotatable bonds is 3. The van der Waals surface area contributed by atoms with Crippen LogP contribution < -0.4 is 10.6 Å². The van der Waals surface area contributed by atoms with E-state index in [1.165, 1.54) is 7.11 Å². The van der Waals surface area contributed by atoms with Gasteiger partial charge in [0.15, 0.2) is 0 Å². The molecule has 21 heavy (non-hydrogen) atoms. The maximum Gasteiger partial charge on any atom is 0.337 e. The monoisotopic (exact) mass is 281 g/mol. The average molecular weight is 281 g/mol. The number of methoxy groups -OCH3 is 1. The van der Waals surface area contributed by atoms with Crippen molar-refractivity contribution in [2.45, 2.75) is 0 Å². The Bertz CT molecular complexity index is 720. The molecule has 0 aromatic heterocycles. The van der Waals surface area contributed by atoms with Gasteiger partial charge in [-0.05, 0) is 30.3 Å². The van der Waals surface area contributed by atoms with Gasteiger partial charge >= 0.3 is 5.97 Å². The van der Waals surface area contributed by atoms with E-state index in [1.54, 1.807) is 30.3 Å². The molecule has 5 heteroatoms. The molecular weight excluding hydrogens is 266 g/mol. The van der Waals surface area contributed by atoms with E-state index in [4.69, 9.17) is 11.0 Å². The quantitative estimate of drug-likeness (QED) is 0.691. The number of hydrogen-bond donors (Lipinski definition) is 1. The molecule has 2 N–H and O–H groups in total. The largest absolute Gasteiger partial charge is 0.465 e. The molecule has 0 aliphatic heterocycles. The first-order valence-corrected chi connectivity index (χ1v) is 6.29. The number of hydrogen-bond acceptors (Lipinski definition) is 5. The Morgan fingerprint density at radius 1 is 1.24 bits per heavy atom. The van der Waals surface area contributed by atoms with Crippen LogP contribution in [0.4, 0.5) is 17.1 Å². The smallest absolute Gasteiger partial charge is 0.337 e. The summed E-state index contributed by atoms with van der Waals surface area (Å²) in [7, 11) is 3.14. The summed E-state index contributed by atoms with van der Waals surface area (Å²) in [5.74, 6) is -0.437. The fourth-order valence-electron chi connectivity index (χ4n) is 2.10. The van der Waals surface area contributed by atoms with Crippen LogP contribution in [0, 0.1) is 11.3 Å². The number of carbonyl (C=O) groups is 1. The fourth-order valence-corrected chi connectivity index (χ4v) is 2.10. The number of nitrogens with two attached hydrogens (primary N) is 1. The van der Waals surface area contributed by atoms with Crippen LogP contribution in [0.25, 0.3) is 0 Å². The molecule has 0 spiro atoms. The van der Waals surface area contributed by atoms with E-state index in [2.05, 4.69) is 10.8 Å². The number of ether oxygens (including phenoxy) is 1. The first kappa shape index (κ1) is 14.4. The minimum Gasteiger partial charge on any atom is -0.465 e. The van der Waals surface area contributed by atoms with Gasteiger partial charge in [-0.15, -0.1) is 0 Å². The van der Waals surface area contributed by atoms with Crippen molar-refractivity contribution >= 4 is 23.0 Å². The fraction of sp³-hybridized carbons (Fsp3) is 0.125. The van der Waals surface area contributed by atoms with Gasteiger partial charge in [0, 0.05) is 7.05 Å². The van der Waals surface area contributed by atoms with Gasteiger partial charge in [0.1, 0.15) is 6.07 Å². The van der Waals surface area contributed by atoms with Gasteiger partial charge in [0.2, 0.25) is 0 Å². The normalized spacial score (nSPS) is 9.76. The highest BCUT2D eigenvalue weighted by Crippen LogP contribution is 2.31. The minimum absolute atomic E-state index is 0.390. The van der Waals surface area contributed by atoms with E-state index in [0.717, 1.165) is 5.69 Å². The molecule has 0 saturated carbocycles. The highest BCUT2D eigenvalue weighted by Gasteiger charge is 2.13. The van der Waals surface area contributed by atoms with Crippen molar-refractivity contribution < 1.29 is 9.53 Å². The number of anilines is 3. The first-order chi connectivity index (χ1) is 10.1. The second kappa shape index (κ2) is 5.97. The molecule has 2 aromatic rings. The first-order valence-electron chi connectivity index (χ1n) is 6.29. The zero-order valence-electron chi connectivity index (χ0n) is 11.8. The lowest BCUT2D eigenvalue weighted by Gasteiger charge is -2.22. The molecule has 0 bridgehead atoms. The molecule has 5 nitrogen and oxygen atoms in total. The van der Waals surface area contributed by atoms with Crippen LogP contribution in [-0.4, -0.2) is 20.1 Å². The molecule has 0 radical (unpaired) electrons. The van der Waals surface area contributed by atoms with Crippen LogP contribution in [0.5, 0.6) is 0 Å².